The molecule has 0 radical (unpaired) electrons. The SMILES string of the molecule is CCc1cccc(C)c1NC(=O)COC(=O)c1ccccc1NC(=O)c1ccc(Cl)cc1. The molecule has 32 heavy (non-hydrogen) atoms. The van der Waals surface area contributed by atoms with Gasteiger partial charge in [-0.3, -0.25) is 9.59 Å². The van der Waals surface area contributed by atoms with E-state index in [1.54, 1.807) is 42.5 Å². The Morgan fingerprint density at radius 2 is 1.62 bits per heavy atom. The van der Waals surface area contributed by atoms with Crippen LogP contribution in [0.2, 0.25) is 5.02 Å². The number of hydrogen-bond acceptors (Lipinski definition) is 4. The lowest BCUT2D eigenvalue weighted by molar-refractivity contribution is -0.119. The fourth-order valence-electron chi connectivity index (χ4n) is 3.15. The summed E-state index contributed by atoms with van der Waals surface area (Å²) in [6.45, 7) is 3.45. The Bertz CT molecular complexity index is 1140. The van der Waals surface area contributed by atoms with Gasteiger partial charge in [-0.15, -0.1) is 0 Å². The van der Waals surface area contributed by atoms with Gasteiger partial charge >= 0.3 is 5.97 Å². The van der Waals surface area contributed by atoms with Crippen LogP contribution in [0.15, 0.2) is 66.7 Å². The Labute approximate surface area is 191 Å². The van der Waals surface area contributed by atoms with Gasteiger partial charge < -0.3 is 15.4 Å². The number of carbonyl (C=O) groups is 3. The second-order valence-electron chi connectivity index (χ2n) is 7.09. The topological polar surface area (TPSA) is 84.5 Å². The summed E-state index contributed by atoms with van der Waals surface area (Å²) in [4.78, 5) is 37.5. The van der Waals surface area contributed by atoms with Gasteiger partial charge in [0.2, 0.25) is 0 Å². The molecule has 0 aromatic heterocycles. The number of rotatable bonds is 7. The molecule has 0 heterocycles. The molecule has 3 aromatic rings. The van der Waals surface area contributed by atoms with Crippen LogP contribution < -0.4 is 10.6 Å². The normalized spacial score (nSPS) is 10.3. The van der Waals surface area contributed by atoms with Crippen molar-refractivity contribution >= 4 is 40.8 Å². The number of hydrogen-bond donors (Lipinski definition) is 2. The van der Waals surface area contributed by atoms with Crippen LogP contribution in [-0.2, 0) is 16.0 Å². The van der Waals surface area contributed by atoms with Crippen LogP contribution in [0.5, 0.6) is 0 Å². The predicted molar refractivity (Wildman–Crippen MR) is 125 cm³/mol. The van der Waals surface area contributed by atoms with E-state index in [0.717, 1.165) is 23.2 Å². The van der Waals surface area contributed by atoms with Crippen LogP contribution in [0.3, 0.4) is 0 Å². The molecule has 0 bridgehead atoms. The van der Waals surface area contributed by atoms with Gasteiger partial charge in [0.05, 0.1) is 11.3 Å². The number of anilines is 2. The summed E-state index contributed by atoms with van der Waals surface area (Å²) in [6, 6.07) is 18.6. The standard InChI is InChI=1S/C25H23ClN2O4/c1-3-17-8-6-7-16(2)23(17)28-22(29)15-32-25(31)20-9-4-5-10-21(20)27-24(30)18-11-13-19(26)14-12-18/h4-14H,3,15H2,1-2H3,(H,27,30)(H,28,29). The van der Waals surface area contributed by atoms with Crippen molar-refractivity contribution in [3.63, 3.8) is 0 Å². The number of para-hydroxylation sites is 2. The highest BCUT2D eigenvalue weighted by molar-refractivity contribution is 6.30. The van der Waals surface area contributed by atoms with Crippen molar-refractivity contribution in [1.82, 2.24) is 0 Å². The molecule has 0 spiro atoms. The monoisotopic (exact) mass is 450 g/mol. The molecule has 7 heteroatoms. The van der Waals surface area contributed by atoms with Gasteiger partial charge in [0.1, 0.15) is 0 Å². The third-order valence-electron chi connectivity index (χ3n) is 4.84. The average molecular weight is 451 g/mol. The molecule has 2 N–H and O–H groups in total. The summed E-state index contributed by atoms with van der Waals surface area (Å²) in [5, 5.41) is 6.02. The van der Waals surface area contributed by atoms with Crippen LogP contribution in [0, 0.1) is 6.92 Å². The molecular formula is C25H23ClN2O4. The fourth-order valence-corrected chi connectivity index (χ4v) is 3.28. The van der Waals surface area contributed by atoms with Gasteiger partial charge in [-0.25, -0.2) is 4.79 Å². The zero-order valence-corrected chi connectivity index (χ0v) is 18.5. The number of carbonyl (C=O) groups excluding carboxylic acids is 3. The van der Waals surface area contributed by atoms with Crippen molar-refractivity contribution in [2.45, 2.75) is 20.3 Å². The lowest BCUT2D eigenvalue weighted by atomic mass is 10.1. The molecule has 0 aliphatic heterocycles. The average Bonchev–Trinajstić information content (AvgIpc) is 2.79. The van der Waals surface area contributed by atoms with E-state index in [1.807, 2.05) is 32.0 Å². The highest BCUT2D eigenvalue weighted by Crippen LogP contribution is 2.21. The van der Waals surface area contributed by atoms with Gasteiger partial charge in [-0.1, -0.05) is 48.9 Å². The molecule has 0 saturated carbocycles. The van der Waals surface area contributed by atoms with Crippen LogP contribution in [0.25, 0.3) is 0 Å². The van der Waals surface area contributed by atoms with Crippen molar-refractivity contribution in [1.29, 1.82) is 0 Å². The largest absolute Gasteiger partial charge is 0.452 e. The minimum atomic E-state index is -0.715. The van der Waals surface area contributed by atoms with E-state index in [1.165, 1.54) is 6.07 Å². The number of benzene rings is 3. The summed E-state index contributed by atoms with van der Waals surface area (Å²) in [7, 11) is 0. The van der Waals surface area contributed by atoms with E-state index < -0.39 is 24.4 Å². The first-order valence-electron chi connectivity index (χ1n) is 10.1. The van der Waals surface area contributed by atoms with Crippen LogP contribution in [0.1, 0.15) is 38.8 Å². The van der Waals surface area contributed by atoms with Gasteiger partial charge in [0.25, 0.3) is 11.8 Å². The zero-order chi connectivity index (χ0) is 23.1. The Kier molecular flexibility index (Phi) is 7.63. The highest BCUT2D eigenvalue weighted by Gasteiger charge is 2.17. The number of halogens is 1. The molecule has 0 aliphatic rings. The van der Waals surface area contributed by atoms with E-state index in [-0.39, 0.29) is 11.3 Å². The third kappa shape index (κ3) is 5.74. The van der Waals surface area contributed by atoms with E-state index in [9.17, 15) is 14.4 Å². The second kappa shape index (κ2) is 10.6. The molecular weight excluding hydrogens is 428 g/mol. The first kappa shape index (κ1) is 23.0. The minimum absolute atomic E-state index is 0.146. The first-order valence-corrected chi connectivity index (χ1v) is 10.5. The summed E-state index contributed by atoms with van der Waals surface area (Å²) in [6.07, 6.45) is 0.762. The van der Waals surface area contributed by atoms with Crippen molar-refractivity contribution in [3.05, 3.63) is 94.0 Å². The second-order valence-corrected chi connectivity index (χ2v) is 7.53. The molecule has 6 nitrogen and oxygen atoms in total. The fraction of sp³-hybridized carbons (Fsp3) is 0.160. The number of esters is 1. The maximum atomic E-state index is 12.6. The van der Waals surface area contributed by atoms with Crippen molar-refractivity contribution in [2.24, 2.45) is 0 Å². The van der Waals surface area contributed by atoms with Crippen molar-refractivity contribution in [2.75, 3.05) is 17.2 Å². The van der Waals surface area contributed by atoms with Crippen LogP contribution in [-0.4, -0.2) is 24.4 Å². The summed E-state index contributed by atoms with van der Waals surface area (Å²) < 4.78 is 5.20. The van der Waals surface area contributed by atoms with E-state index >= 15 is 0 Å². The summed E-state index contributed by atoms with van der Waals surface area (Å²) >= 11 is 5.85. The number of aryl methyl sites for hydroxylation is 2. The molecule has 0 saturated heterocycles. The Morgan fingerprint density at radius 3 is 2.34 bits per heavy atom. The lowest BCUT2D eigenvalue weighted by Gasteiger charge is -2.14. The van der Waals surface area contributed by atoms with Crippen molar-refractivity contribution < 1.29 is 19.1 Å². The Hall–Kier alpha value is -3.64. The molecule has 164 valence electrons. The van der Waals surface area contributed by atoms with Crippen LogP contribution >= 0.6 is 11.6 Å². The smallest absolute Gasteiger partial charge is 0.340 e. The maximum Gasteiger partial charge on any atom is 0.340 e. The van der Waals surface area contributed by atoms with Crippen LogP contribution in [0.4, 0.5) is 11.4 Å². The lowest BCUT2D eigenvalue weighted by Crippen LogP contribution is -2.23. The van der Waals surface area contributed by atoms with E-state index in [2.05, 4.69) is 10.6 Å². The molecule has 0 unspecified atom stereocenters. The third-order valence-corrected chi connectivity index (χ3v) is 5.09. The zero-order valence-electron chi connectivity index (χ0n) is 17.8. The number of ether oxygens (including phenoxy) is 1. The molecule has 3 rings (SSSR count). The predicted octanol–water partition coefficient (Wildman–Crippen LogP) is 5.26. The Morgan fingerprint density at radius 1 is 0.906 bits per heavy atom. The van der Waals surface area contributed by atoms with E-state index in [0.29, 0.717) is 10.6 Å². The Balaban J connectivity index is 1.65. The van der Waals surface area contributed by atoms with Gasteiger partial charge in [-0.2, -0.15) is 0 Å². The van der Waals surface area contributed by atoms with E-state index in [4.69, 9.17) is 16.3 Å². The minimum Gasteiger partial charge on any atom is -0.452 e. The molecule has 2 amide bonds. The summed E-state index contributed by atoms with van der Waals surface area (Å²) in [5.74, 6) is -1.55. The quantitative estimate of drug-likeness (QED) is 0.481. The number of amides is 2. The van der Waals surface area contributed by atoms with Gasteiger partial charge in [-0.05, 0) is 60.9 Å². The molecule has 0 fully saturated rings. The van der Waals surface area contributed by atoms with Crippen molar-refractivity contribution in [3.8, 4) is 0 Å². The van der Waals surface area contributed by atoms with Gasteiger partial charge in [0, 0.05) is 16.3 Å². The molecule has 3 aromatic carbocycles. The first-order chi connectivity index (χ1) is 15.4. The molecule has 0 aliphatic carbocycles. The number of nitrogens with one attached hydrogen (secondary N) is 2. The molecule has 0 atom stereocenters. The summed E-state index contributed by atoms with van der Waals surface area (Å²) in [5.41, 5.74) is 3.48. The van der Waals surface area contributed by atoms with Gasteiger partial charge in [0.15, 0.2) is 6.61 Å². The highest BCUT2D eigenvalue weighted by atomic mass is 35.5. The maximum absolute atomic E-state index is 12.6.